The number of halogens is 1. The van der Waals surface area contributed by atoms with Crippen molar-refractivity contribution in [1.82, 2.24) is 10.2 Å². The van der Waals surface area contributed by atoms with Gasteiger partial charge in [0.15, 0.2) is 5.11 Å². The number of carbonyl (C=O) groups is 2. The van der Waals surface area contributed by atoms with Crippen molar-refractivity contribution in [3.8, 4) is 0 Å². The third-order valence-electron chi connectivity index (χ3n) is 4.95. The number of rotatable bonds is 7. The molecule has 0 fully saturated rings. The van der Waals surface area contributed by atoms with Crippen LogP contribution in [0, 0.1) is 11.3 Å². The molecule has 1 heterocycles. The van der Waals surface area contributed by atoms with E-state index in [1.54, 1.807) is 24.8 Å². The summed E-state index contributed by atoms with van der Waals surface area (Å²) >= 11 is 11.4. The lowest BCUT2D eigenvalue weighted by Gasteiger charge is -2.35. The number of hydrogen-bond donors (Lipinski definition) is 2. The van der Waals surface area contributed by atoms with Gasteiger partial charge in [0.1, 0.15) is 0 Å². The zero-order chi connectivity index (χ0) is 22.6. The molecular formula is C22H30ClN3O3S. The first-order chi connectivity index (χ1) is 14.0. The molecule has 1 aromatic rings. The first kappa shape index (κ1) is 24.2. The number of nitrogens with zero attached hydrogens (tertiary/aromatic N) is 1. The molecule has 1 amide bonds. The zero-order valence-corrected chi connectivity index (χ0v) is 19.9. The van der Waals surface area contributed by atoms with Crippen molar-refractivity contribution in [2.45, 2.75) is 40.7 Å². The van der Waals surface area contributed by atoms with Crippen LogP contribution in [0.1, 0.15) is 46.2 Å². The summed E-state index contributed by atoms with van der Waals surface area (Å²) in [6, 6.07) is 6.86. The minimum Gasteiger partial charge on any atom is -0.462 e. The van der Waals surface area contributed by atoms with E-state index in [2.05, 4.69) is 10.6 Å². The standard InChI is InChI=1S/C22H30ClN3O3S/c1-13(2)11-29-19(27)17-14(3)26(6)21(30)25-18(17)15-8-7-9-16(10-15)24-20(28)22(4,5)12-23/h7-10,13,18H,11-12H2,1-6H3,(H,24,28)(H,25,30). The summed E-state index contributed by atoms with van der Waals surface area (Å²) < 4.78 is 5.51. The van der Waals surface area contributed by atoms with Crippen LogP contribution in [-0.4, -0.2) is 41.4 Å². The Morgan fingerprint density at radius 3 is 2.63 bits per heavy atom. The van der Waals surface area contributed by atoms with Crippen LogP contribution in [0.15, 0.2) is 35.5 Å². The average molecular weight is 452 g/mol. The maximum atomic E-state index is 12.9. The Kier molecular flexibility index (Phi) is 7.88. The first-order valence-electron chi connectivity index (χ1n) is 9.87. The van der Waals surface area contributed by atoms with Crippen LogP contribution in [0.3, 0.4) is 0 Å². The highest BCUT2D eigenvalue weighted by Crippen LogP contribution is 2.32. The van der Waals surface area contributed by atoms with E-state index < -0.39 is 11.5 Å². The highest BCUT2D eigenvalue weighted by Gasteiger charge is 2.34. The summed E-state index contributed by atoms with van der Waals surface area (Å²) in [5.41, 5.74) is 1.94. The lowest BCUT2D eigenvalue weighted by atomic mass is 9.93. The van der Waals surface area contributed by atoms with Crippen LogP contribution in [0.4, 0.5) is 5.69 Å². The summed E-state index contributed by atoms with van der Waals surface area (Å²) in [6.45, 7) is 9.72. The zero-order valence-electron chi connectivity index (χ0n) is 18.3. The molecule has 164 valence electrons. The summed E-state index contributed by atoms with van der Waals surface area (Å²) in [6.07, 6.45) is 0. The Hall–Kier alpha value is -2.12. The molecular weight excluding hydrogens is 422 g/mol. The summed E-state index contributed by atoms with van der Waals surface area (Å²) in [4.78, 5) is 27.2. The maximum Gasteiger partial charge on any atom is 0.338 e. The van der Waals surface area contributed by atoms with Gasteiger partial charge in [-0.2, -0.15) is 0 Å². The van der Waals surface area contributed by atoms with Crippen molar-refractivity contribution in [3.63, 3.8) is 0 Å². The van der Waals surface area contributed by atoms with Gasteiger partial charge in [-0.3, -0.25) is 4.79 Å². The molecule has 0 saturated heterocycles. The van der Waals surface area contributed by atoms with E-state index in [-0.39, 0.29) is 23.7 Å². The monoisotopic (exact) mass is 451 g/mol. The number of carbonyl (C=O) groups excluding carboxylic acids is 2. The average Bonchev–Trinajstić information content (AvgIpc) is 2.70. The number of alkyl halides is 1. The maximum absolute atomic E-state index is 12.9. The van der Waals surface area contributed by atoms with Gasteiger partial charge >= 0.3 is 5.97 Å². The SMILES string of the molecule is CC1=C(C(=O)OCC(C)C)C(c2cccc(NC(=O)C(C)(C)CCl)c2)NC(=S)N1C. The minimum absolute atomic E-state index is 0.176. The fourth-order valence-corrected chi connectivity index (χ4v) is 3.20. The molecule has 6 nitrogen and oxygen atoms in total. The van der Waals surface area contributed by atoms with Gasteiger partial charge in [0.25, 0.3) is 0 Å². The molecule has 0 saturated carbocycles. The van der Waals surface area contributed by atoms with Crippen molar-refractivity contribution in [2.75, 3.05) is 24.9 Å². The lowest BCUT2D eigenvalue weighted by Crippen LogP contribution is -2.46. The minimum atomic E-state index is -0.701. The Labute approximate surface area is 189 Å². The van der Waals surface area contributed by atoms with E-state index in [1.807, 2.05) is 46.0 Å². The summed E-state index contributed by atoms with van der Waals surface area (Å²) in [5.74, 6) is -0.125. The van der Waals surface area contributed by atoms with Crippen molar-refractivity contribution >= 4 is 46.5 Å². The van der Waals surface area contributed by atoms with E-state index in [9.17, 15) is 9.59 Å². The van der Waals surface area contributed by atoms with E-state index in [4.69, 9.17) is 28.6 Å². The van der Waals surface area contributed by atoms with Crippen LogP contribution in [0.5, 0.6) is 0 Å². The fourth-order valence-electron chi connectivity index (χ4n) is 2.83. The molecule has 0 radical (unpaired) electrons. The van der Waals surface area contributed by atoms with Gasteiger partial charge in [0, 0.05) is 24.3 Å². The molecule has 0 aromatic heterocycles. The molecule has 0 aliphatic carbocycles. The number of anilines is 1. The van der Waals surface area contributed by atoms with E-state index in [0.717, 1.165) is 11.3 Å². The number of allylic oxidation sites excluding steroid dienone is 1. The van der Waals surface area contributed by atoms with Crippen molar-refractivity contribution in [2.24, 2.45) is 11.3 Å². The van der Waals surface area contributed by atoms with Crippen LogP contribution in [-0.2, 0) is 14.3 Å². The smallest absolute Gasteiger partial charge is 0.338 e. The Morgan fingerprint density at radius 2 is 2.03 bits per heavy atom. The van der Waals surface area contributed by atoms with Crippen molar-refractivity contribution in [1.29, 1.82) is 0 Å². The predicted molar refractivity (Wildman–Crippen MR) is 124 cm³/mol. The predicted octanol–water partition coefficient (Wildman–Crippen LogP) is 4.22. The van der Waals surface area contributed by atoms with Crippen LogP contribution >= 0.6 is 23.8 Å². The fraction of sp³-hybridized carbons (Fsp3) is 0.500. The highest BCUT2D eigenvalue weighted by atomic mass is 35.5. The number of thiocarbonyl (C=S) groups is 1. The van der Waals surface area contributed by atoms with Crippen molar-refractivity contribution < 1.29 is 14.3 Å². The molecule has 1 unspecified atom stereocenters. The molecule has 8 heteroatoms. The Balaban J connectivity index is 2.38. The Bertz CT molecular complexity index is 867. The van der Waals surface area contributed by atoms with Gasteiger partial charge in [-0.25, -0.2) is 4.79 Å². The summed E-state index contributed by atoms with van der Waals surface area (Å²) in [7, 11) is 1.81. The molecule has 1 aliphatic heterocycles. The van der Waals surface area contributed by atoms with E-state index in [1.165, 1.54) is 0 Å². The quantitative estimate of drug-likeness (QED) is 0.367. The molecule has 1 aromatic carbocycles. The number of hydrogen-bond acceptors (Lipinski definition) is 4. The van der Waals surface area contributed by atoms with Crippen LogP contribution < -0.4 is 10.6 Å². The molecule has 30 heavy (non-hydrogen) atoms. The third kappa shape index (κ3) is 5.52. The van der Waals surface area contributed by atoms with E-state index >= 15 is 0 Å². The Morgan fingerprint density at radius 1 is 1.37 bits per heavy atom. The normalized spacial score (nSPS) is 17.1. The van der Waals surface area contributed by atoms with Gasteiger partial charge in [-0.05, 0) is 56.6 Å². The van der Waals surface area contributed by atoms with Gasteiger partial charge in [0.05, 0.1) is 23.6 Å². The van der Waals surface area contributed by atoms with Crippen LogP contribution in [0.2, 0.25) is 0 Å². The van der Waals surface area contributed by atoms with Gasteiger partial charge in [-0.1, -0.05) is 26.0 Å². The summed E-state index contributed by atoms with van der Waals surface area (Å²) in [5, 5.41) is 6.63. The second kappa shape index (κ2) is 9.79. The van der Waals surface area contributed by atoms with Gasteiger partial charge < -0.3 is 20.3 Å². The first-order valence-corrected chi connectivity index (χ1v) is 10.8. The molecule has 1 atom stereocenters. The third-order valence-corrected chi connectivity index (χ3v) is 6.01. The van der Waals surface area contributed by atoms with Crippen LogP contribution in [0.25, 0.3) is 0 Å². The molecule has 0 spiro atoms. The lowest BCUT2D eigenvalue weighted by molar-refractivity contribution is -0.140. The number of benzene rings is 1. The van der Waals surface area contributed by atoms with E-state index in [0.29, 0.717) is 23.0 Å². The molecule has 1 aliphatic rings. The largest absolute Gasteiger partial charge is 0.462 e. The van der Waals surface area contributed by atoms with Gasteiger partial charge in [0.2, 0.25) is 5.91 Å². The number of nitrogens with one attached hydrogen (secondary N) is 2. The number of ether oxygens (including phenoxy) is 1. The highest BCUT2D eigenvalue weighted by molar-refractivity contribution is 7.80. The van der Waals surface area contributed by atoms with Crippen molar-refractivity contribution in [3.05, 3.63) is 41.1 Å². The molecule has 0 bridgehead atoms. The topological polar surface area (TPSA) is 70.7 Å². The molecule has 2 N–H and O–H groups in total. The number of amides is 1. The second-order valence-corrected chi connectivity index (χ2v) is 9.18. The van der Waals surface area contributed by atoms with Gasteiger partial charge in [-0.15, -0.1) is 11.6 Å². The molecule has 2 rings (SSSR count). The second-order valence-electron chi connectivity index (χ2n) is 8.53. The number of esters is 1.